The van der Waals surface area contributed by atoms with E-state index in [1.165, 1.54) is 12.8 Å². The van der Waals surface area contributed by atoms with Crippen LogP contribution in [0.15, 0.2) is 0 Å². The number of aliphatic hydroxyl groups is 1. The van der Waals surface area contributed by atoms with Gasteiger partial charge in [-0.3, -0.25) is 0 Å². The number of rotatable bonds is 5. The summed E-state index contributed by atoms with van der Waals surface area (Å²) in [6.07, 6.45) is 4.60. The van der Waals surface area contributed by atoms with E-state index in [4.69, 9.17) is 5.11 Å². The first-order valence-corrected chi connectivity index (χ1v) is 5.19. The second kappa shape index (κ2) is 5.56. The third-order valence-electron chi connectivity index (χ3n) is 1.38. The molecule has 0 bridgehead atoms. The Bertz CT molecular complexity index is 83.7. The van der Waals surface area contributed by atoms with Gasteiger partial charge in [-0.2, -0.15) is 0 Å². The van der Waals surface area contributed by atoms with Crippen molar-refractivity contribution in [2.75, 3.05) is 6.61 Å². The molecule has 0 radical (unpaired) electrons. The Kier molecular flexibility index (Phi) is 6.07. The van der Waals surface area contributed by atoms with Gasteiger partial charge in [-0.1, -0.05) is 58.0 Å². The molecule has 0 spiro atoms. The average molecular weight is 274 g/mol. The van der Waals surface area contributed by atoms with Crippen LogP contribution in [0.4, 0.5) is 0 Å². The molecule has 0 aliphatic carbocycles. The van der Waals surface area contributed by atoms with Crippen molar-refractivity contribution in [1.29, 1.82) is 0 Å². The van der Waals surface area contributed by atoms with Crippen molar-refractivity contribution in [1.82, 2.24) is 0 Å². The molecule has 10 heavy (non-hydrogen) atoms. The number of hydrogen-bond donors (Lipinski definition) is 1. The Hall–Kier alpha value is 0.920. The van der Waals surface area contributed by atoms with Crippen LogP contribution in [0.5, 0.6) is 0 Å². The molecular weight excluding hydrogens is 260 g/mol. The van der Waals surface area contributed by atoms with Gasteiger partial charge in [0.05, 0.1) is 6.61 Å². The molecule has 0 saturated carbocycles. The molecule has 0 aliphatic rings. The zero-order chi connectivity index (χ0) is 8.04. The first-order valence-electron chi connectivity index (χ1n) is 3.61. The van der Waals surface area contributed by atoms with Gasteiger partial charge in [0.25, 0.3) is 0 Å². The quantitative estimate of drug-likeness (QED) is 0.603. The summed E-state index contributed by atoms with van der Waals surface area (Å²) in [5, 5.41) is 8.80. The van der Waals surface area contributed by atoms with Crippen molar-refractivity contribution >= 4 is 31.9 Å². The number of halogens is 2. The van der Waals surface area contributed by atoms with Gasteiger partial charge >= 0.3 is 0 Å². The van der Waals surface area contributed by atoms with Crippen LogP contribution >= 0.6 is 31.9 Å². The highest BCUT2D eigenvalue weighted by molar-refractivity contribution is 9.25. The summed E-state index contributed by atoms with van der Waals surface area (Å²) in [4.78, 5) is 0. The number of hydrogen-bond acceptors (Lipinski definition) is 1. The topological polar surface area (TPSA) is 20.2 Å². The fourth-order valence-electron chi connectivity index (χ4n) is 0.713. The van der Waals surface area contributed by atoms with Crippen LogP contribution in [0.3, 0.4) is 0 Å². The van der Waals surface area contributed by atoms with Crippen molar-refractivity contribution in [3.63, 3.8) is 0 Å². The lowest BCUT2D eigenvalue weighted by molar-refractivity contribution is 0.282. The molecule has 0 aromatic heterocycles. The highest BCUT2D eigenvalue weighted by Crippen LogP contribution is 2.31. The van der Waals surface area contributed by atoms with E-state index in [-0.39, 0.29) is 9.84 Å². The van der Waals surface area contributed by atoms with Gasteiger partial charge in [0.15, 0.2) is 0 Å². The van der Waals surface area contributed by atoms with Crippen LogP contribution in [0, 0.1) is 0 Å². The first-order chi connectivity index (χ1) is 4.62. The highest BCUT2D eigenvalue weighted by atomic mass is 79.9. The van der Waals surface area contributed by atoms with Crippen LogP contribution in [0.2, 0.25) is 0 Å². The fraction of sp³-hybridized carbons (Fsp3) is 1.00. The predicted molar refractivity (Wildman–Crippen MR) is 51.8 cm³/mol. The lowest BCUT2D eigenvalue weighted by atomic mass is 10.2. The van der Waals surface area contributed by atoms with Crippen LogP contribution in [-0.2, 0) is 0 Å². The van der Waals surface area contributed by atoms with Gasteiger partial charge in [-0.25, -0.2) is 0 Å². The molecule has 0 aromatic carbocycles. The monoisotopic (exact) mass is 272 g/mol. The van der Waals surface area contributed by atoms with Gasteiger partial charge in [-0.15, -0.1) is 0 Å². The highest BCUT2D eigenvalue weighted by Gasteiger charge is 2.19. The lowest BCUT2D eigenvalue weighted by Crippen LogP contribution is -2.16. The van der Waals surface area contributed by atoms with Gasteiger partial charge in [0.1, 0.15) is 3.23 Å². The Morgan fingerprint density at radius 1 is 1.30 bits per heavy atom. The van der Waals surface area contributed by atoms with Crippen LogP contribution < -0.4 is 0 Å². The Labute approximate surface area is 79.5 Å². The summed E-state index contributed by atoms with van der Waals surface area (Å²) < 4.78 is -0.227. The van der Waals surface area contributed by atoms with Crippen molar-refractivity contribution < 1.29 is 5.11 Å². The third kappa shape index (κ3) is 5.69. The normalized spacial score (nSPS) is 12.0. The molecule has 0 aliphatic heterocycles. The summed E-state index contributed by atoms with van der Waals surface area (Å²) in [5.41, 5.74) is 0. The number of aliphatic hydroxyl groups excluding tert-OH is 1. The standard InChI is InChI=1S/C7H14Br2O/c1-2-3-4-5-7(8,9)6-10/h10H,2-6H2,1H3. The van der Waals surface area contributed by atoms with Crippen molar-refractivity contribution in [3.05, 3.63) is 0 Å². The maximum absolute atomic E-state index is 8.80. The second-order valence-electron chi connectivity index (χ2n) is 2.47. The first kappa shape index (κ1) is 10.9. The second-order valence-corrected chi connectivity index (χ2v) is 6.57. The SMILES string of the molecule is CCCCCC(Br)(Br)CO. The molecule has 0 aromatic rings. The average Bonchev–Trinajstić information content (AvgIpc) is 1.89. The molecule has 0 saturated heterocycles. The minimum Gasteiger partial charge on any atom is -0.394 e. The van der Waals surface area contributed by atoms with E-state index in [0.717, 1.165) is 12.8 Å². The third-order valence-corrected chi connectivity index (χ3v) is 2.67. The summed E-state index contributed by atoms with van der Waals surface area (Å²) in [5.74, 6) is 0. The van der Waals surface area contributed by atoms with E-state index >= 15 is 0 Å². The van der Waals surface area contributed by atoms with Gasteiger partial charge in [0.2, 0.25) is 0 Å². The van der Waals surface area contributed by atoms with E-state index in [1.807, 2.05) is 0 Å². The van der Waals surface area contributed by atoms with Crippen LogP contribution in [-0.4, -0.2) is 14.9 Å². The molecule has 0 unspecified atom stereocenters. The molecule has 0 atom stereocenters. The molecular formula is C7H14Br2O. The van der Waals surface area contributed by atoms with E-state index in [9.17, 15) is 0 Å². The van der Waals surface area contributed by atoms with Crippen LogP contribution in [0.1, 0.15) is 32.6 Å². The molecule has 0 amide bonds. The number of unbranched alkanes of at least 4 members (excludes halogenated alkanes) is 2. The molecule has 0 rings (SSSR count). The minimum absolute atomic E-state index is 0.150. The molecule has 1 N–H and O–H groups in total. The molecule has 3 heteroatoms. The van der Waals surface area contributed by atoms with E-state index in [0.29, 0.717) is 0 Å². The molecule has 0 heterocycles. The Morgan fingerprint density at radius 2 is 1.90 bits per heavy atom. The summed E-state index contributed by atoms with van der Waals surface area (Å²) in [6.45, 7) is 2.32. The maximum atomic E-state index is 8.80. The summed E-state index contributed by atoms with van der Waals surface area (Å²) in [6, 6.07) is 0. The minimum atomic E-state index is -0.227. The van der Waals surface area contributed by atoms with Crippen molar-refractivity contribution in [2.24, 2.45) is 0 Å². The fourth-order valence-corrected chi connectivity index (χ4v) is 1.27. The van der Waals surface area contributed by atoms with Gasteiger partial charge < -0.3 is 5.11 Å². The van der Waals surface area contributed by atoms with Gasteiger partial charge in [-0.05, 0) is 6.42 Å². The molecule has 1 nitrogen and oxygen atoms in total. The van der Waals surface area contributed by atoms with Crippen molar-refractivity contribution in [3.8, 4) is 0 Å². The van der Waals surface area contributed by atoms with E-state index in [2.05, 4.69) is 38.8 Å². The maximum Gasteiger partial charge on any atom is 0.103 e. The smallest absolute Gasteiger partial charge is 0.103 e. The number of alkyl halides is 2. The Balaban J connectivity index is 3.28. The molecule has 0 fully saturated rings. The predicted octanol–water partition coefficient (Wildman–Crippen LogP) is 3.05. The largest absolute Gasteiger partial charge is 0.394 e. The van der Waals surface area contributed by atoms with E-state index < -0.39 is 0 Å². The zero-order valence-corrected chi connectivity index (χ0v) is 9.41. The summed E-state index contributed by atoms with van der Waals surface area (Å²) >= 11 is 6.76. The lowest BCUT2D eigenvalue weighted by Gasteiger charge is -2.16. The van der Waals surface area contributed by atoms with Crippen molar-refractivity contribution in [2.45, 2.75) is 35.8 Å². The van der Waals surface area contributed by atoms with Crippen LogP contribution in [0.25, 0.3) is 0 Å². The summed E-state index contributed by atoms with van der Waals surface area (Å²) in [7, 11) is 0. The van der Waals surface area contributed by atoms with E-state index in [1.54, 1.807) is 0 Å². The Morgan fingerprint density at radius 3 is 2.30 bits per heavy atom. The molecule has 62 valence electrons. The van der Waals surface area contributed by atoms with Gasteiger partial charge in [0, 0.05) is 0 Å². The zero-order valence-electron chi connectivity index (χ0n) is 6.24.